The molecule has 1 aromatic carbocycles. The Labute approximate surface area is 125 Å². The summed E-state index contributed by atoms with van der Waals surface area (Å²) < 4.78 is 0. The summed E-state index contributed by atoms with van der Waals surface area (Å²) in [6, 6.07) is 8.62. The molecule has 1 heterocycles. The normalized spacial score (nSPS) is 12.1. The maximum atomic E-state index is 4.54. The third kappa shape index (κ3) is 3.67. The molecule has 0 N–H and O–H groups in total. The van der Waals surface area contributed by atoms with Gasteiger partial charge in [-0.05, 0) is 11.0 Å². The van der Waals surface area contributed by atoms with Gasteiger partial charge in [-0.1, -0.05) is 45.0 Å². The summed E-state index contributed by atoms with van der Waals surface area (Å²) in [5.41, 5.74) is 3.64. The molecular weight excluding hydrogens is 266 g/mol. The first-order valence-electron chi connectivity index (χ1n) is 6.63. The van der Waals surface area contributed by atoms with Crippen LogP contribution in [0.15, 0.2) is 34.6 Å². The molecule has 0 bridgehead atoms. The molecule has 0 aliphatic rings. The van der Waals surface area contributed by atoms with Crippen LogP contribution in [0, 0.1) is 0 Å². The predicted molar refractivity (Wildman–Crippen MR) is 88.1 cm³/mol. The standard InChI is InChI=1S/C16H21N3S/c1-16(2,3)13-8-6-12(7-9-13)14-10-20-15(18-14)17-11-19(4)5/h6-11H,1-5H3/b17-11+. The molecule has 0 saturated heterocycles. The Balaban J connectivity index is 2.20. The number of aromatic nitrogens is 1. The number of rotatable bonds is 3. The monoisotopic (exact) mass is 287 g/mol. The van der Waals surface area contributed by atoms with Crippen molar-refractivity contribution in [1.82, 2.24) is 9.88 Å². The minimum absolute atomic E-state index is 0.182. The van der Waals surface area contributed by atoms with Crippen molar-refractivity contribution in [3.05, 3.63) is 35.2 Å². The molecule has 0 unspecified atom stereocenters. The van der Waals surface area contributed by atoms with Crippen molar-refractivity contribution >= 4 is 22.8 Å². The lowest BCUT2D eigenvalue weighted by Gasteiger charge is -2.18. The van der Waals surface area contributed by atoms with Crippen LogP contribution < -0.4 is 0 Å². The van der Waals surface area contributed by atoms with E-state index >= 15 is 0 Å². The molecule has 0 radical (unpaired) electrons. The van der Waals surface area contributed by atoms with Crippen LogP contribution in [0.3, 0.4) is 0 Å². The second kappa shape index (κ2) is 5.75. The highest BCUT2D eigenvalue weighted by atomic mass is 32.1. The van der Waals surface area contributed by atoms with E-state index in [4.69, 9.17) is 0 Å². The lowest BCUT2D eigenvalue weighted by molar-refractivity contribution is 0.590. The van der Waals surface area contributed by atoms with Crippen LogP contribution in [0.5, 0.6) is 0 Å². The first-order chi connectivity index (χ1) is 9.36. The maximum Gasteiger partial charge on any atom is 0.211 e. The maximum absolute atomic E-state index is 4.54. The van der Waals surface area contributed by atoms with Crippen LogP contribution in [-0.4, -0.2) is 30.3 Å². The van der Waals surface area contributed by atoms with E-state index in [2.05, 4.69) is 60.4 Å². The third-order valence-electron chi connectivity index (χ3n) is 2.94. The molecule has 0 saturated carbocycles. The minimum atomic E-state index is 0.182. The molecule has 2 aromatic rings. The van der Waals surface area contributed by atoms with Gasteiger partial charge in [-0.2, -0.15) is 0 Å². The van der Waals surface area contributed by atoms with Crippen LogP contribution >= 0.6 is 11.3 Å². The second-order valence-electron chi connectivity index (χ2n) is 6.05. The molecule has 106 valence electrons. The van der Waals surface area contributed by atoms with Crippen molar-refractivity contribution in [2.75, 3.05) is 14.1 Å². The Kier molecular flexibility index (Phi) is 4.23. The Hall–Kier alpha value is -1.68. The summed E-state index contributed by atoms with van der Waals surface area (Å²) in [7, 11) is 3.90. The quantitative estimate of drug-likeness (QED) is 0.621. The summed E-state index contributed by atoms with van der Waals surface area (Å²) in [5.74, 6) is 0. The number of aliphatic imine (C=N–C) groups is 1. The van der Waals surface area contributed by atoms with E-state index in [0.29, 0.717) is 0 Å². The van der Waals surface area contributed by atoms with Gasteiger partial charge in [0.15, 0.2) is 0 Å². The van der Waals surface area contributed by atoms with Crippen molar-refractivity contribution < 1.29 is 0 Å². The zero-order valence-corrected chi connectivity index (χ0v) is 13.5. The summed E-state index contributed by atoms with van der Waals surface area (Å²) >= 11 is 1.56. The lowest BCUT2D eigenvalue weighted by Crippen LogP contribution is -2.10. The molecule has 2 rings (SSSR count). The van der Waals surface area contributed by atoms with Gasteiger partial charge in [-0.15, -0.1) is 11.3 Å². The van der Waals surface area contributed by atoms with Gasteiger partial charge in [0.05, 0.1) is 12.0 Å². The highest BCUT2D eigenvalue weighted by Gasteiger charge is 2.13. The van der Waals surface area contributed by atoms with Gasteiger partial charge >= 0.3 is 0 Å². The van der Waals surface area contributed by atoms with Gasteiger partial charge in [-0.3, -0.25) is 0 Å². The average Bonchev–Trinajstić information content (AvgIpc) is 2.84. The number of benzene rings is 1. The predicted octanol–water partition coefficient (Wildman–Crippen LogP) is 4.33. The van der Waals surface area contributed by atoms with E-state index in [1.165, 1.54) is 5.56 Å². The fourth-order valence-electron chi connectivity index (χ4n) is 1.76. The molecule has 0 fully saturated rings. The molecular formula is C16H21N3S. The number of hydrogen-bond acceptors (Lipinski definition) is 3. The molecule has 20 heavy (non-hydrogen) atoms. The smallest absolute Gasteiger partial charge is 0.211 e. The van der Waals surface area contributed by atoms with Crippen molar-refractivity contribution in [3.8, 4) is 11.3 Å². The number of hydrogen-bond donors (Lipinski definition) is 0. The Morgan fingerprint density at radius 2 is 1.80 bits per heavy atom. The van der Waals surface area contributed by atoms with Crippen molar-refractivity contribution in [3.63, 3.8) is 0 Å². The largest absolute Gasteiger partial charge is 0.369 e. The van der Waals surface area contributed by atoms with E-state index in [1.807, 2.05) is 19.0 Å². The summed E-state index contributed by atoms with van der Waals surface area (Å²) in [4.78, 5) is 10.8. The van der Waals surface area contributed by atoms with Crippen molar-refractivity contribution in [1.29, 1.82) is 0 Å². The average molecular weight is 287 g/mol. The van der Waals surface area contributed by atoms with E-state index in [0.717, 1.165) is 16.4 Å². The summed E-state index contributed by atoms with van der Waals surface area (Å²) in [6.07, 6.45) is 1.77. The minimum Gasteiger partial charge on any atom is -0.369 e. The van der Waals surface area contributed by atoms with Crippen LogP contribution in [-0.2, 0) is 5.41 Å². The molecule has 0 spiro atoms. The second-order valence-corrected chi connectivity index (χ2v) is 6.89. The molecule has 4 heteroatoms. The van der Waals surface area contributed by atoms with Crippen LogP contribution in [0.2, 0.25) is 0 Å². The topological polar surface area (TPSA) is 28.5 Å². The van der Waals surface area contributed by atoms with Gasteiger partial charge in [0, 0.05) is 25.0 Å². The Bertz CT molecular complexity index is 589. The molecule has 0 aliphatic heterocycles. The fraction of sp³-hybridized carbons (Fsp3) is 0.375. The zero-order chi connectivity index (χ0) is 14.8. The number of thiazole rings is 1. The van der Waals surface area contributed by atoms with E-state index in [1.54, 1.807) is 17.7 Å². The Morgan fingerprint density at radius 3 is 2.35 bits per heavy atom. The van der Waals surface area contributed by atoms with Crippen molar-refractivity contribution in [2.45, 2.75) is 26.2 Å². The third-order valence-corrected chi connectivity index (χ3v) is 3.69. The van der Waals surface area contributed by atoms with E-state index in [9.17, 15) is 0 Å². The zero-order valence-electron chi connectivity index (χ0n) is 12.7. The molecule has 1 aromatic heterocycles. The van der Waals surface area contributed by atoms with Gasteiger partial charge in [0.25, 0.3) is 0 Å². The first-order valence-corrected chi connectivity index (χ1v) is 7.51. The molecule has 0 atom stereocenters. The van der Waals surface area contributed by atoms with Gasteiger partial charge in [-0.25, -0.2) is 9.98 Å². The SMILES string of the molecule is CN(C)/C=N/c1nc(-c2ccc(C(C)(C)C)cc2)cs1. The highest BCUT2D eigenvalue weighted by Crippen LogP contribution is 2.29. The van der Waals surface area contributed by atoms with Gasteiger partial charge < -0.3 is 4.90 Å². The molecule has 3 nitrogen and oxygen atoms in total. The first kappa shape index (κ1) is 14.7. The van der Waals surface area contributed by atoms with Crippen LogP contribution in [0.4, 0.5) is 5.13 Å². The van der Waals surface area contributed by atoms with Crippen LogP contribution in [0.25, 0.3) is 11.3 Å². The summed E-state index contributed by atoms with van der Waals surface area (Å²) in [5, 5.41) is 2.84. The van der Waals surface area contributed by atoms with Gasteiger partial charge in [0.2, 0.25) is 5.13 Å². The van der Waals surface area contributed by atoms with E-state index < -0.39 is 0 Å². The van der Waals surface area contributed by atoms with Gasteiger partial charge in [0.1, 0.15) is 0 Å². The summed E-state index contributed by atoms with van der Waals surface area (Å²) in [6.45, 7) is 6.66. The lowest BCUT2D eigenvalue weighted by atomic mass is 9.86. The highest BCUT2D eigenvalue weighted by molar-refractivity contribution is 7.13. The molecule has 0 amide bonds. The van der Waals surface area contributed by atoms with Crippen LogP contribution in [0.1, 0.15) is 26.3 Å². The molecule has 0 aliphatic carbocycles. The Morgan fingerprint density at radius 1 is 1.15 bits per heavy atom. The number of nitrogens with zero attached hydrogens (tertiary/aromatic N) is 3. The van der Waals surface area contributed by atoms with Crippen molar-refractivity contribution in [2.24, 2.45) is 4.99 Å². The van der Waals surface area contributed by atoms with E-state index in [-0.39, 0.29) is 5.41 Å². The fourth-order valence-corrected chi connectivity index (χ4v) is 2.43.